The van der Waals surface area contributed by atoms with E-state index in [1.54, 1.807) is 6.20 Å². The molecule has 20 heavy (non-hydrogen) atoms. The molecule has 4 nitrogen and oxygen atoms in total. The van der Waals surface area contributed by atoms with Crippen molar-refractivity contribution in [2.45, 2.75) is 26.4 Å². The van der Waals surface area contributed by atoms with E-state index >= 15 is 0 Å². The van der Waals surface area contributed by atoms with Crippen LogP contribution in [-0.4, -0.2) is 17.6 Å². The number of nitrogens with zero attached hydrogens (tertiary/aromatic N) is 1. The number of para-hydroxylation sites is 1. The van der Waals surface area contributed by atoms with Gasteiger partial charge in [0.25, 0.3) is 0 Å². The van der Waals surface area contributed by atoms with E-state index in [1.165, 1.54) is 5.56 Å². The highest BCUT2D eigenvalue weighted by Gasteiger charge is 2.07. The minimum absolute atomic E-state index is 0.114. The zero-order chi connectivity index (χ0) is 14.4. The topological polar surface area (TPSA) is 60.2 Å². The standard InChI is InChI=1S/C16H21N3O/c1-12(2)20-15-7-3-6-14(16(15)17)19-10-8-13-5-4-9-18-11-13/h3-7,9,11-12,19H,8,10,17H2,1-2H3. The molecule has 0 saturated carbocycles. The molecule has 0 aliphatic carbocycles. The van der Waals surface area contributed by atoms with E-state index in [9.17, 15) is 0 Å². The molecular formula is C16H21N3O. The van der Waals surface area contributed by atoms with Crippen LogP contribution in [0.4, 0.5) is 11.4 Å². The molecule has 1 aromatic carbocycles. The first-order valence-electron chi connectivity index (χ1n) is 6.84. The van der Waals surface area contributed by atoms with Crippen molar-refractivity contribution in [3.05, 3.63) is 48.3 Å². The van der Waals surface area contributed by atoms with Gasteiger partial charge in [-0.2, -0.15) is 0 Å². The molecule has 4 heteroatoms. The molecule has 2 rings (SSSR count). The van der Waals surface area contributed by atoms with Crippen LogP contribution in [0.2, 0.25) is 0 Å². The highest BCUT2D eigenvalue weighted by Crippen LogP contribution is 2.29. The molecule has 0 atom stereocenters. The van der Waals surface area contributed by atoms with Crippen LogP contribution in [0.5, 0.6) is 5.75 Å². The normalized spacial score (nSPS) is 10.6. The largest absolute Gasteiger partial charge is 0.489 e. The highest BCUT2D eigenvalue weighted by molar-refractivity contribution is 5.72. The number of aromatic nitrogens is 1. The van der Waals surface area contributed by atoms with Crippen LogP contribution < -0.4 is 15.8 Å². The number of nitrogens with two attached hydrogens (primary N) is 1. The molecule has 0 saturated heterocycles. The average Bonchev–Trinajstić information content (AvgIpc) is 2.43. The Bertz CT molecular complexity index is 541. The van der Waals surface area contributed by atoms with Crippen molar-refractivity contribution in [1.82, 2.24) is 4.98 Å². The Morgan fingerprint density at radius 1 is 1.25 bits per heavy atom. The van der Waals surface area contributed by atoms with E-state index in [0.717, 1.165) is 24.4 Å². The molecule has 0 aliphatic rings. The zero-order valence-corrected chi connectivity index (χ0v) is 12.0. The molecule has 0 fully saturated rings. The van der Waals surface area contributed by atoms with Gasteiger partial charge < -0.3 is 15.8 Å². The minimum Gasteiger partial charge on any atom is -0.489 e. The summed E-state index contributed by atoms with van der Waals surface area (Å²) in [6.45, 7) is 4.78. The van der Waals surface area contributed by atoms with Crippen molar-refractivity contribution in [3.63, 3.8) is 0 Å². The van der Waals surface area contributed by atoms with Crippen LogP contribution in [-0.2, 0) is 6.42 Å². The second-order valence-corrected chi connectivity index (χ2v) is 4.92. The molecule has 0 radical (unpaired) electrons. The van der Waals surface area contributed by atoms with Crippen LogP contribution in [0, 0.1) is 0 Å². The summed E-state index contributed by atoms with van der Waals surface area (Å²) in [5, 5.41) is 3.34. The number of hydrogen-bond donors (Lipinski definition) is 2. The molecular weight excluding hydrogens is 250 g/mol. The van der Waals surface area contributed by atoms with Crippen LogP contribution in [0.3, 0.4) is 0 Å². The Labute approximate surface area is 120 Å². The Balaban J connectivity index is 1.96. The monoisotopic (exact) mass is 271 g/mol. The Kier molecular flexibility index (Phi) is 4.82. The lowest BCUT2D eigenvalue weighted by atomic mass is 10.2. The molecule has 0 spiro atoms. The summed E-state index contributed by atoms with van der Waals surface area (Å²) in [5.74, 6) is 0.728. The number of nitrogens with one attached hydrogen (secondary N) is 1. The number of nitrogen functional groups attached to an aromatic ring is 1. The van der Waals surface area contributed by atoms with Gasteiger partial charge >= 0.3 is 0 Å². The van der Waals surface area contributed by atoms with Crippen molar-refractivity contribution in [3.8, 4) is 5.75 Å². The molecule has 2 aromatic rings. The van der Waals surface area contributed by atoms with Gasteiger partial charge in [0.1, 0.15) is 5.75 Å². The molecule has 0 bridgehead atoms. The summed E-state index contributed by atoms with van der Waals surface area (Å²) in [7, 11) is 0. The summed E-state index contributed by atoms with van der Waals surface area (Å²) in [4.78, 5) is 4.10. The number of pyridine rings is 1. The van der Waals surface area contributed by atoms with Gasteiger partial charge in [-0.25, -0.2) is 0 Å². The summed E-state index contributed by atoms with van der Waals surface area (Å²) in [6, 6.07) is 9.81. The van der Waals surface area contributed by atoms with Crippen LogP contribution in [0.15, 0.2) is 42.7 Å². The Hall–Kier alpha value is -2.23. The predicted molar refractivity (Wildman–Crippen MR) is 83.0 cm³/mol. The average molecular weight is 271 g/mol. The van der Waals surface area contributed by atoms with E-state index < -0.39 is 0 Å². The van der Waals surface area contributed by atoms with Gasteiger partial charge in [0.05, 0.1) is 17.5 Å². The second-order valence-electron chi connectivity index (χ2n) is 4.92. The fraction of sp³-hybridized carbons (Fsp3) is 0.312. The first kappa shape index (κ1) is 14.2. The molecule has 0 aliphatic heterocycles. The maximum atomic E-state index is 6.11. The van der Waals surface area contributed by atoms with Gasteiger partial charge in [0.15, 0.2) is 0 Å². The lowest BCUT2D eigenvalue weighted by molar-refractivity contribution is 0.244. The predicted octanol–water partition coefficient (Wildman–Crippen LogP) is 3.11. The molecule has 106 valence electrons. The van der Waals surface area contributed by atoms with Crippen LogP contribution in [0.1, 0.15) is 19.4 Å². The van der Waals surface area contributed by atoms with Gasteiger partial charge in [-0.15, -0.1) is 0 Å². The molecule has 1 aromatic heterocycles. The number of rotatable bonds is 6. The van der Waals surface area contributed by atoms with Gasteiger partial charge in [-0.05, 0) is 44.0 Å². The quantitative estimate of drug-likeness (QED) is 0.793. The van der Waals surface area contributed by atoms with Gasteiger partial charge in [-0.3, -0.25) is 4.98 Å². The van der Waals surface area contributed by atoms with E-state index in [0.29, 0.717) is 5.69 Å². The van der Waals surface area contributed by atoms with E-state index in [4.69, 9.17) is 10.5 Å². The van der Waals surface area contributed by atoms with Gasteiger partial charge in [0.2, 0.25) is 0 Å². The van der Waals surface area contributed by atoms with Crippen molar-refractivity contribution in [2.75, 3.05) is 17.6 Å². The number of anilines is 2. The fourth-order valence-corrected chi connectivity index (χ4v) is 1.94. The first-order valence-corrected chi connectivity index (χ1v) is 6.84. The van der Waals surface area contributed by atoms with E-state index in [1.807, 2.05) is 44.3 Å². The fourth-order valence-electron chi connectivity index (χ4n) is 1.94. The van der Waals surface area contributed by atoms with Crippen LogP contribution >= 0.6 is 0 Å². The maximum Gasteiger partial charge on any atom is 0.144 e. The third kappa shape index (κ3) is 3.88. The Morgan fingerprint density at radius 3 is 2.80 bits per heavy atom. The molecule has 0 amide bonds. The highest BCUT2D eigenvalue weighted by atomic mass is 16.5. The van der Waals surface area contributed by atoms with Gasteiger partial charge in [0, 0.05) is 18.9 Å². The summed E-state index contributed by atoms with van der Waals surface area (Å²) < 4.78 is 5.68. The lowest BCUT2D eigenvalue weighted by Gasteiger charge is -2.15. The van der Waals surface area contributed by atoms with Crippen LogP contribution in [0.25, 0.3) is 0 Å². The first-order chi connectivity index (χ1) is 9.66. The number of hydrogen-bond acceptors (Lipinski definition) is 4. The second kappa shape index (κ2) is 6.80. The number of benzene rings is 1. The molecule has 3 N–H and O–H groups in total. The summed E-state index contributed by atoms with van der Waals surface area (Å²) >= 11 is 0. The summed E-state index contributed by atoms with van der Waals surface area (Å²) in [5.41, 5.74) is 8.88. The molecule has 1 heterocycles. The van der Waals surface area contributed by atoms with Crippen molar-refractivity contribution < 1.29 is 4.74 Å². The van der Waals surface area contributed by atoms with Crippen molar-refractivity contribution in [2.24, 2.45) is 0 Å². The van der Waals surface area contributed by atoms with Gasteiger partial charge in [-0.1, -0.05) is 12.1 Å². The molecule has 0 unspecified atom stereocenters. The smallest absolute Gasteiger partial charge is 0.144 e. The maximum absolute atomic E-state index is 6.11. The summed E-state index contributed by atoms with van der Waals surface area (Å²) in [6.07, 6.45) is 4.68. The zero-order valence-electron chi connectivity index (χ0n) is 12.0. The van der Waals surface area contributed by atoms with Crippen molar-refractivity contribution in [1.29, 1.82) is 0 Å². The SMILES string of the molecule is CC(C)Oc1cccc(NCCc2cccnc2)c1N. The number of ether oxygens (including phenoxy) is 1. The van der Waals surface area contributed by atoms with E-state index in [-0.39, 0.29) is 6.10 Å². The Morgan fingerprint density at radius 2 is 2.10 bits per heavy atom. The third-order valence-electron chi connectivity index (χ3n) is 2.88. The van der Waals surface area contributed by atoms with E-state index in [2.05, 4.69) is 16.4 Å². The minimum atomic E-state index is 0.114. The third-order valence-corrected chi connectivity index (χ3v) is 2.88. The lowest BCUT2D eigenvalue weighted by Crippen LogP contribution is -2.10. The van der Waals surface area contributed by atoms with Crippen molar-refractivity contribution >= 4 is 11.4 Å².